The monoisotopic (exact) mass is 179 g/mol. The van der Waals surface area contributed by atoms with Crippen molar-refractivity contribution >= 4 is 15.9 Å². The Morgan fingerprint density at radius 3 is 2.75 bits per heavy atom. The Labute approximate surface area is 59.5 Å². The Bertz CT molecular complexity index is 45.8. The molecule has 1 atom stereocenters. The minimum atomic E-state index is 0.572. The molecule has 8 heavy (non-hydrogen) atoms. The Morgan fingerprint density at radius 1 is 1.75 bits per heavy atom. The van der Waals surface area contributed by atoms with Gasteiger partial charge in [-0.2, -0.15) is 0 Å². The number of alkyl halides is 1. The van der Waals surface area contributed by atoms with Crippen molar-refractivity contribution in [3.05, 3.63) is 6.61 Å². The zero-order chi connectivity index (χ0) is 6.41. The smallest absolute Gasteiger partial charge is 0.0805 e. The molecule has 0 saturated heterocycles. The van der Waals surface area contributed by atoms with Gasteiger partial charge in [0, 0.05) is 11.4 Å². The van der Waals surface area contributed by atoms with Crippen LogP contribution in [0.5, 0.6) is 0 Å². The van der Waals surface area contributed by atoms with Crippen LogP contribution in [-0.2, 0) is 4.74 Å². The predicted molar refractivity (Wildman–Crippen MR) is 38.9 cm³/mol. The second kappa shape index (κ2) is 5.57. The lowest BCUT2D eigenvalue weighted by atomic mass is 10.4. The summed E-state index contributed by atoms with van der Waals surface area (Å²) in [4.78, 5) is 0.572. The van der Waals surface area contributed by atoms with Crippen LogP contribution in [0.15, 0.2) is 0 Å². The first-order valence-electron chi connectivity index (χ1n) is 2.81. The van der Waals surface area contributed by atoms with Crippen LogP contribution in [0.25, 0.3) is 0 Å². The van der Waals surface area contributed by atoms with Crippen molar-refractivity contribution < 1.29 is 4.74 Å². The largest absolute Gasteiger partial charge is 0.376 e. The molecule has 0 bridgehead atoms. The highest BCUT2D eigenvalue weighted by Crippen LogP contribution is 2.02. The van der Waals surface area contributed by atoms with Crippen molar-refractivity contribution in [2.45, 2.75) is 25.1 Å². The van der Waals surface area contributed by atoms with E-state index in [1.165, 1.54) is 0 Å². The molecule has 0 aliphatic carbocycles. The van der Waals surface area contributed by atoms with Crippen molar-refractivity contribution in [2.75, 3.05) is 6.61 Å². The fourth-order valence-electron chi connectivity index (χ4n) is 0.348. The zero-order valence-corrected chi connectivity index (χ0v) is 6.94. The summed E-state index contributed by atoms with van der Waals surface area (Å²) in [5.41, 5.74) is 0. The average molecular weight is 180 g/mol. The van der Waals surface area contributed by atoms with E-state index < -0.39 is 0 Å². The zero-order valence-electron chi connectivity index (χ0n) is 5.36. The molecule has 0 saturated carbocycles. The van der Waals surface area contributed by atoms with Gasteiger partial charge in [0.25, 0.3) is 0 Å². The molecule has 0 aromatic carbocycles. The molecule has 0 aliphatic rings. The lowest BCUT2D eigenvalue weighted by molar-refractivity contribution is 0.201. The SMILES string of the molecule is C[CH]OCCC(C)Br. The van der Waals surface area contributed by atoms with Gasteiger partial charge < -0.3 is 4.74 Å². The third kappa shape index (κ3) is 6.44. The lowest BCUT2D eigenvalue weighted by Gasteiger charge is -2.00. The van der Waals surface area contributed by atoms with Gasteiger partial charge in [0.1, 0.15) is 0 Å². The van der Waals surface area contributed by atoms with Gasteiger partial charge in [-0.25, -0.2) is 0 Å². The van der Waals surface area contributed by atoms with Crippen molar-refractivity contribution in [3.8, 4) is 0 Å². The minimum absolute atomic E-state index is 0.572. The minimum Gasteiger partial charge on any atom is -0.376 e. The van der Waals surface area contributed by atoms with Gasteiger partial charge in [-0.05, 0) is 13.3 Å². The maximum absolute atomic E-state index is 4.99. The van der Waals surface area contributed by atoms with Crippen LogP contribution in [0, 0.1) is 6.61 Å². The first kappa shape index (κ1) is 8.44. The summed E-state index contributed by atoms with van der Waals surface area (Å²) in [5, 5.41) is 0. The Kier molecular flexibility index (Phi) is 5.88. The highest BCUT2D eigenvalue weighted by Gasteiger charge is 1.92. The summed E-state index contributed by atoms with van der Waals surface area (Å²) >= 11 is 3.41. The number of halogens is 1. The van der Waals surface area contributed by atoms with E-state index in [4.69, 9.17) is 4.74 Å². The van der Waals surface area contributed by atoms with Crippen LogP contribution in [0.4, 0.5) is 0 Å². The summed E-state index contributed by atoms with van der Waals surface area (Å²) < 4.78 is 4.99. The van der Waals surface area contributed by atoms with Crippen molar-refractivity contribution in [1.82, 2.24) is 0 Å². The molecule has 0 fully saturated rings. The molecular formula is C6H12BrO. The van der Waals surface area contributed by atoms with E-state index in [2.05, 4.69) is 22.9 Å². The molecule has 0 rings (SSSR count). The van der Waals surface area contributed by atoms with Crippen LogP contribution in [0.3, 0.4) is 0 Å². The summed E-state index contributed by atoms with van der Waals surface area (Å²) in [5.74, 6) is 0. The second-order valence-corrected chi connectivity index (χ2v) is 3.24. The number of rotatable bonds is 4. The first-order chi connectivity index (χ1) is 3.77. The van der Waals surface area contributed by atoms with Crippen LogP contribution in [0.2, 0.25) is 0 Å². The van der Waals surface area contributed by atoms with E-state index in [-0.39, 0.29) is 0 Å². The fourth-order valence-corrected chi connectivity index (χ4v) is 0.535. The molecule has 0 aromatic rings. The van der Waals surface area contributed by atoms with Crippen molar-refractivity contribution in [3.63, 3.8) is 0 Å². The standard InChI is InChI=1S/C6H12BrO/c1-3-8-5-4-6(2)7/h3,6H,4-5H2,1-2H3. The number of hydrogen-bond acceptors (Lipinski definition) is 1. The fraction of sp³-hybridized carbons (Fsp3) is 0.833. The molecule has 0 heterocycles. The van der Waals surface area contributed by atoms with Crippen LogP contribution < -0.4 is 0 Å². The van der Waals surface area contributed by atoms with E-state index in [1.807, 2.05) is 6.92 Å². The molecule has 1 nitrogen and oxygen atoms in total. The molecule has 0 aliphatic heterocycles. The van der Waals surface area contributed by atoms with E-state index in [0.717, 1.165) is 13.0 Å². The molecule has 0 aromatic heterocycles. The maximum Gasteiger partial charge on any atom is 0.0805 e. The molecule has 1 radical (unpaired) electrons. The third-order valence-electron chi connectivity index (χ3n) is 0.800. The predicted octanol–water partition coefficient (Wildman–Crippen LogP) is 2.36. The Morgan fingerprint density at radius 2 is 2.38 bits per heavy atom. The molecule has 2 heteroatoms. The van der Waals surface area contributed by atoms with Crippen LogP contribution >= 0.6 is 15.9 Å². The quantitative estimate of drug-likeness (QED) is 0.476. The van der Waals surface area contributed by atoms with Gasteiger partial charge in [-0.1, -0.05) is 22.9 Å². The molecule has 0 N–H and O–H groups in total. The summed E-state index contributed by atoms with van der Waals surface area (Å²) in [7, 11) is 0. The van der Waals surface area contributed by atoms with E-state index >= 15 is 0 Å². The summed E-state index contributed by atoms with van der Waals surface area (Å²) in [6.45, 7) is 6.54. The van der Waals surface area contributed by atoms with Gasteiger partial charge >= 0.3 is 0 Å². The lowest BCUT2D eigenvalue weighted by Crippen LogP contribution is -1.96. The Hall–Kier alpha value is 0.440. The molecule has 0 amide bonds. The normalized spacial score (nSPS) is 13.9. The van der Waals surface area contributed by atoms with Gasteiger partial charge in [0.15, 0.2) is 0 Å². The first-order valence-corrected chi connectivity index (χ1v) is 3.72. The van der Waals surface area contributed by atoms with Gasteiger partial charge in [0.2, 0.25) is 0 Å². The maximum atomic E-state index is 4.99. The van der Waals surface area contributed by atoms with E-state index in [9.17, 15) is 0 Å². The molecular weight excluding hydrogens is 168 g/mol. The van der Waals surface area contributed by atoms with E-state index in [1.54, 1.807) is 6.61 Å². The summed E-state index contributed by atoms with van der Waals surface area (Å²) in [6.07, 6.45) is 1.07. The molecule has 0 spiro atoms. The van der Waals surface area contributed by atoms with E-state index in [0.29, 0.717) is 4.83 Å². The topological polar surface area (TPSA) is 9.23 Å². The van der Waals surface area contributed by atoms with Crippen molar-refractivity contribution in [1.29, 1.82) is 0 Å². The van der Waals surface area contributed by atoms with Gasteiger partial charge in [0.05, 0.1) is 6.61 Å². The third-order valence-corrected chi connectivity index (χ3v) is 1.26. The van der Waals surface area contributed by atoms with Crippen molar-refractivity contribution in [2.24, 2.45) is 0 Å². The Balaban J connectivity index is 2.72. The second-order valence-electron chi connectivity index (χ2n) is 1.68. The number of ether oxygens (including phenoxy) is 1. The molecule has 49 valence electrons. The van der Waals surface area contributed by atoms with Gasteiger partial charge in [-0.3, -0.25) is 0 Å². The van der Waals surface area contributed by atoms with Crippen LogP contribution in [-0.4, -0.2) is 11.4 Å². The summed E-state index contributed by atoms with van der Waals surface area (Å²) in [6, 6.07) is 0. The molecule has 1 unspecified atom stereocenters. The average Bonchev–Trinajstić information content (AvgIpc) is 1.66. The number of hydrogen-bond donors (Lipinski definition) is 0. The highest BCUT2D eigenvalue weighted by molar-refractivity contribution is 9.09. The van der Waals surface area contributed by atoms with Crippen LogP contribution in [0.1, 0.15) is 20.3 Å². The van der Waals surface area contributed by atoms with Gasteiger partial charge in [-0.15, -0.1) is 0 Å². The highest BCUT2D eigenvalue weighted by atomic mass is 79.9.